The van der Waals surface area contributed by atoms with Crippen molar-refractivity contribution < 1.29 is 9.59 Å². The van der Waals surface area contributed by atoms with E-state index in [0.717, 1.165) is 47.9 Å². The largest absolute Gasteiger partial charge is 0.353 e. The Labute approximate surface area is 174 Å². The van der Waals surface area contributed by atoms with Crippen molar-refractivity contribution >= 4 is 11.8 Å². The monoisotopic (exact) mass is 394 g/mol. The third-order valence-corrected chi connectivity index (χ3v) is 8.08. The van der Waals surface area contributed by atoms with Crippen LogP contribution >= 0.6 is 0 Å². The van der Waals surface area contributed by atoms with Gasteiger partial charge in [0.1, 0.15) is 0 Å². The molecule has 4 saturated carbocycles. The maximum absolute atomic E-state index is 13.2. The predicted octanol–water partition coefficient (Wildman–Crippen LogP) is 4.10. The van der Waals surface area contributed by atoms with Gasteiger partial charge in [-0.2, -0.15) is 0 Å². The highest BCUT2D eigenvalue weighted by Crippen LogP contribution is 2.53. The number of piperidine rings is 1. The van der Waals surface area contributed by atoms with Crippen LogP contribution in [-0.2, 0) is 4.79 Å². The zero-order valence-corrected chi connectivity index (χ0v) is 17.8. The Morgan fingerprint density at radius 2 is 1.55 bits per heavy atom. The molecule has 1 aromatic carbocycles. The Kier molecular flexibility index (Phi) is 4.92. The highest BCUT2D eigenvalue weighted by atomic mass is 16.2. The number of hydrogen-bond acceptors (Lipinski definition) is 2. The molecule has 156 valence electrons. The molecule has 0 radical (unpaired) electrons. The molecule has 29 heavy (non-hydrogen) atoms. The molecule has 6 rings (SSSR count). The van der Waals surface area contributed by atoms with E-state index in [2.05, 4.69) is 11.4 Å². The maximum Gasteiger partial charge on any atom is 0.253 e. The van der Waals surface area contributed by atoms with Gasteiger partial charge in [-0.25, -0.2) is 0 Å². The molecule has 0 aromatic heterocycles. The summed E-state index contributed by atoms with van der Waals surface area (Å²) in [5.74, 6) is 3.45. The van der Waals surface area contributed by atoms with Crippen molar-refractivity contribution in [3.63, 3.8) is 0 Å². The highest BCUT2D eigenvalue weighted by Gasteiger charge is 2.49. The van der Waals surface area contributed by atoms with E-state index < -0.39 is 0 Å². The van der Waals surface area contributed by atoms with Gasteiger partial charge in [0.2, 0.25) is 5.91 Å². The number of carbonyl (C=O) groups excluding carboxylic acids is 2. The fraction of sp³-hybridized carbons (Fsp3) is 0.680. The highest BCUT2D eigenvalue weighted by molar-refractivity contribution is 5.95. The average molecular weight is 395 g/mol. The van der Waals surface area contributed by atoms with Gasteiger partial charge in [0.05, 0.1) is 5.92 Å². The van der Waals surface area contributed by atoms with Gasteiger partial charge in [-0.05, 0) is 94.6 Å². The molecule has 5 aliphatic rings. The number of aryl methyl sites for hydroxylation is 2. The van der Waals surface area contributed by atoms with E-state index in [1.54, 1.807) is 0 Å². The first-order valence-electron chi connectivity index (χ1n) is 11.6. The number of nitrogens with zero attached hydrogens (tertiary/aromatic N) is 1. The molecule has 0 spiro atoms. The van der Waals surface area contributed by atoms with Crippen molar-refractivity contribution in [3.05, 3.63) is 34.9 Å². The smallest absolute Gasteiger partial charge is 0.253 e. The number of hydrogen-bond donors (Lipinski definition) is 1. The Balaban J connectivity index is 1.23. The lowest BCUT2D eigenvalue weighted by Gasteiger charge is -2.54. The zero-order chi connectivity index (χ0) is 20.1. The lowest BCUT2D eigenvalue weighted by Crippen LogP contribution is -2.57. The first kappa shape index (κ1) is 19.1. The van der Waals surface area contributed by atoms with Crippen molar-refractivity contribution in [2.45, 2.75) is 64.8 Å². The van der Waals surface area contributed by atoms with Crippen LogP contribution in [0.15, 0.2) is 18.2 Å². The van der Waals surface area contributed by atoms with Crippen molar-refractivity contribution in [3.8, 4) is 0 Å². The van der Waals surface area contributed by atoms with Gasteiger partial charge in [-0.1, -0.05) is 17.2 Å². The minimum Gasteiger partial charge on any atom is -0.353 e. The first-order chi connectivity index (χ1) is 14.0. The SMILES string of the molecule is Cc1cc(C)cc(C(=O)N2CCCC(C(=O)NC3C4CC5CC(C4)CC3C5)C2)c1. The van der Waals surface area contributed by atoms with E-state index in [9.17, 15) is 9.59 Å². The second-order valence-electron chi connectivity index (χ2n) is 10.4. The van der Waals surface area contributed by atoms with Gasteiger partial charge >= 0.3 is 0 Å². The Morgan fingerprint density at radius 1 is 0.931 bits per heavy atom. The van der Waals surface area contributed by atoms with Crippen LogP contribution in [-0.4, -0.2) is 35.8 Å². The number of benzene rings is 1. The number of carbonyl (C=O) groups is 2. The molecule has 2 amide bonds. The summed E-state index contributed by atoms with van der Waals surface area (Å²) in [5, 5.41) is 3.47. The zero-order valence-electron chi connectivity index (χ0n) is 17.8. The molecule has 4 aliphatic carbocycles. The second-order valence-corrected chi connectivity index (χ2v) is 10.4. The Hall–Kier alpha value is -1.84. The molecular weight excluding hydrogens is 360 g/mol. The molecule has 4 nitrogen and oxygen atoms in total. The summed E-state index contributed by atoms with van der Waals surface area (Å²) in [6.07, 6.45) is 8.53. The lowest BCUT2D eigenvalue weighted by molar-refractivity contribution is -0.130. The Bertz CT molecular complexity index is 769. The predicted molar refractivity (Wildman–Crippen MR) is 114 cm³/mol. The van der Waals surface area contributed by atoms with Crippen molar-refractivity contribution in [2.75, 3.05) is 13.1 Å². The molecule has 4 bridgehead atoms. The van der Waals surface area contributed by atoms with Gasteiger partial charge in [0, 0.05) is 24.7 Å². The van der Waals surface area contributed by atoms with E-state index in [1.165, 1.54) is 32.1 Å². The third kappa shape index (κ3) is 3.71. The molecule has 4 heteroatoms. The molecule has 1 aliphatic heterocycles. The molecule has 1 atom stereocenters. The summed E-state index contributed by atoms with van der Waals surface area (Å²) in [6, 6.07) is 6.41. The molecule has 1 unspecified atom stereocenters. The van der Waals surface area contributed by atoms with Gasteiger partial charge in [0.15, 0.2) is 0 Å². The first-order valence-corrected chi connectivity index (χ1v) is 11.6. The summed E-state index contributed by atoms with van der Waals surface area (Å²) < 4.78 is 0. The van der Waals surface area contributed by atoms with Gasteiger partial charge in [-0.15, -0.1) is 0 Å². The van der Waals surface area contributed by atoms with Crippen molar-refractivity contribution in [1.82, 2.24) is 10.2 Å². The summed E-state index contributed by atoms with van der Waals surface area (Å²) in [6.45, 7) is 5.38. The number of nitrogens with one attached hydrogen (secondary N) is 1. The van der Waals surface area contributed by atoms with Crippen LogP contribution in [0.1, 0.15) is 66.4 Å². The molecule has 1 saturated heterocycles. The van der Waals surface area contributed by atoms with Crippen LogP contribution in [0.3, 0.4) is 0 Å². The van der Waals surface area contributed by atoms with Crippen molar-refractivity contribution in [1.29, 1.82) is 0 Å². The van der Waals surface area contributed by atoms with Gasteiger partial charge in [0.25, 0.3) is 5.91 Å². The summed E-state index contributed by atoms with van der Waals surface area (Å²) >= 11 is 0. The van der Waals surface area contributed by atoms with E-state index in [-0.39, 0.29) is 17.7 Å². The maximum atomic E-state index is 13.2. The second kappa shape index (κ2) is 7.45. The van der Waals surface area contributed by atoms with Crippen LogP contribution in [0.2, 0.25) is 0 Å². The molecule has 5 fully saturated rings. The number of rotatable bonds is 3. The average Bonchev–Trinajstić information content (AvgIpc) is 2.69. The molecule has 1 aromatic rings. The summed E-state index contributed by atoms with van der Waals surface area (Å²) in [7, 11) is 0. The number of likely N-dealkylation sites (tertiary alicyclic amines) is 1. The molecule has 1 heterocycles. The normalized spacial score (nSPS) is 35.6. The Morgan fingerprint density at radius 3 is 2.17 bits per heavy atom. The van der Waals surface area contributed by atoms with Crippen molar-refractivity contribution in [2.24, 2.45) is 29.6 Å². The van der Waals surface area contributed by atoms with E-state index in [0.29, 0.717) is 24.4 Å². The van der Waals surface area contributed by atoms with Gasteiger partial charge in [-0.3, -0.25) is 9.59 Å². The van der Waals surface area contributed by atoms with Crippen LogP contribution < -0.4 is 5.32 Å². The quantitative estimate of drug-likeness (QED) is 0.839. The molecule has 1 N–H and O–H groups in total. The minimum absolute atomic E-state index is 0.0595. The summed E-state index contributed by atoms with van der Waals surface area (Å²) in [4.78, 5) is 28.1. The summed E-state index contributed by atoms with van der Waals surface area (Å²) in [5.41, 5.74) is 2.98. The topological polar surface area (TPSA) is 49.4 Å². The van der Waals surface area contributed by atoms with Crippen LogP contribution in [0.4, 0.5) is 0 Å². The fourth-order valence-corrected chi connectivity index (χ4v) is 7.10. The minimum atomic E-state index is -0.0595. The lowest BCUT2D eigenvalue weighted by atomic mass is 9.54. The third-order valence-electron chi connectivity index (χ3n) is 8.08. The van der Waals surface area contributed by atoms with Crippen LogP contribution in [0, 0.1) is 43.4 Å². The van der Waals surface area contributed by atoms with E-state index in [1.807, 2.05) is 30.9 Å². The van der Waals surface area contributed by atoms with Gasteiger partial charge < -0.3 is 10.2 Å². The van der Waals surface area contributed by atoms with Crippen LogP contribution in [0.25, 0.3) is 0 Å². The fourth-order valence-electron chi connectivity index (χ4n) is 7.10. The molecular formula is C25H34N2O2. The standard InChI is InChI=1S/C25H34N2O2/c1-15-6-16(2)8-22(7-15)25(29)27-5-3-4-19(14-27)24(28)26-23-20-10-17-9-18(12-20)13-21(23)11-17/h6-8,17-21,23H,3-5,9-14H2,1-2H3,(H,26,28). The van der Waals surface area contributed by atoms with Crippen LogP contribution in [0.5, 0.6) is 0 Å². The number of amides is 2. The van der Waals surface area contributed by atoms with E-state index in [4.69, 9.17) is 0 Å². The van der Waals surface area contributed by atoms with E-state index >= 15 is 0 Å².